The molecule has 0 saturated carbocycles. The van der Waals surface area contributed by atoms with Gasteiger partial charge in [0.05, 0.1) is 35.2 Å². The lowest BCUT2D eigenvalue weighted by Gasteiger charge is -2.20. The minimum Gasteiger partial charge on any atom is -0.255 e. The van der Waals surface area contributed by atoms with E-state index in [9.17, 15) is 0 Å². The van der Waals surface area contributed by atoms with Gasteiger partial charge in [-0.2, -0.15) is 0 Å². The molecule has 9 aromatic rings. The van der Waals surface area contributed by atoms with E-state index in [4.69, 9.17) is 15.0 Å². The lowest BCUT2D eigenvalue weighted by atomic mass is 9.82. The quantitative estimate of drug-likeness (QED) is 0.189. The van der Waals surface area contributed by atoms with Crippen LogP contribution in [0.3, 0.4) is 0 Å². The number of fused-ring (bicyclic) bond motifs is 4. The molecule has 3 heterocycles. The highest BCUT2D eigenvalue weighted by Gasteiger charge is 2.31. The molecule has 0 spiro atoms. The first-order valence-corrected chi connectivity index (χ1v) is 16.8. The highest BCUT2D eigenvalue weighted by Crippen LogP contribution is 2.58. The lowest BCUT2D eigenvalue weighted by molar-refractivity contribution is 1.17. The van der Waals surface area contributed by atoms with Crippen LogP contribution in [0.1, 0.15) is 0 Å². The van der Waals surface area contributed by atoms with E-state index < -0.39 is 0 Å². The van der Waals surface area contributed by atoms with Gasteiger partial charge in [-0.15, -0.1) is 0 Å². The summed E-state index contributed by atoms with van der Waals surface area (Å²) in [4.78, 5) is 19.1. The second-order valence-corrected chi connectivity index (χ2v) is 12.6. The summed E-state index contributed by atoms with van der Waals surface area (Å²) in [6, 6.07) is 53.4. The Balaban J connectivity index is 1.17. The summed E-state index contributed by atoms with van der Waals surface area (Å²) >= 11 is 0. The van der Waals surface area contributed by atoms with Crippen LogP contribution in [-0.2, 0) is 0 Å². The average Bonchev–Trinajstić information content (AvgIpc) is 3.53. The molecule has 232 valence electrons. The molecule has 3 aromatic heterocycles. The predicted molar refractivity (Wildman–Crippen MR) is 204 cm³/mol. The Labute approximate surface area is 289 Å². The summed E-state index contributed by atoms with van der Waals surface area (Å²) in [6.45, 7) is 0. The van der Waals surface area contributed by atoms with E-state index in [1.165, 1.54) is 60.7 Å². The van der Waals surface area contributed by atoms with Gasteiger partial charge in [0.1, 0.15) is 5.69 Å². The molecule has 0 fully saturated rings. The summed E-state index contributed by atoms with van der Waals surface area (Å²) in [5.41, 5.74) is 15.0. The van der Waals surface area contributed by atoms with Gasteiger partial charge in [0, 0.05) is 11.8 Å². The van der Waals surface area contributed by atoms with Gasteiger partial charge in [0.2, 0.25) is 0 Å². The number of aromatic nitrogens is 4. The third-order valence-electron chi connectivity index (χ3n) is 9.79. The van der Waals surface area contributed by atoms with Gasteiger partial charge in [-0.05, 0) is 90.3 Å². The van der Waals surface area contributed by atoms with Crippen molar-refractivity contribution in [2.75, 3.05) is 0 Å². The summed E-state index contributed by atoms with van der Waals surface area (Å²) in [5, 5.41) is 4.92. The van der Waals surface area contributed by atoms with Crippen molar-refractivity contribution in [2.45, 2.75) is 0 Å². The molecule has 50 heavy (non-hydrogen) atoms. The maximum Gasteiger partial charge on any atom is 0.107 e. The molecule has 0 N–H and O–H groups in total. The van der Waals surface area contributed by atoms with Crippen LogP contribution >= 0.6 is 0 Å². The minimum absolute atomic E-state index is 0.719. The molecule has 0 saturated heterocycles. The number of hydrogen-bond acceptors (Lipinski definition) is 4. The molecule has 0 unspecified atom stereocenters. The Morgan fingerprint density at radius 1 is 0.300 bits per heavy atom. The Morgan fingerprint density at radius 2 is 0.820 bits per heavy atom. The molecule has 4 heteroatoms. The number of nitrogens with zero attached hydrogens (tertiary/aromatic N) is 4. The summed E-state index contributed by atoms with van der Waals surface area (Å²) in [7, 11) is 0. The van der Waals surface area contributed by atoms with Crippen molar-refractivity contribution >= 4 is 21.5 Å². The van der Waals surface area contributed by atoms with E-state index in [0.29, 0.717) is 0 Å². The molecule has 1 aliphatic carbocycles. The Morgan fingerprint density at radius 3 is 1.46 bits per heavy atom. The largest absolute Gasteiger partial charge is 0.255 e. The van der Waals surface area contributed by atoms with Crippen LogP contribution in [0.5, 0.6) is 0 Å². The molecule has 6 aromatic carbocycles. The third kappa shape index (κ3) is 4.39. The van der Waals surface area contributed by atoms with Crippen molar-refractivity contribution in [3.05, 3.63) is 170 Å². The fourth-order valence-corrected chi connectivity index (χ4v) is 7.67. The SMILES string of the molecule is c1ccc(-c2c3c(c(-c4ccccc4)c4ccccc24)-c2ccc(-c4cnc(-c5cccc(-c6ccccn6)n5)cn4)c4cccc-3c24)cc1. The maximum absolute atomic E-state index is 4.96. The molecule has 4 nitrogen and oxygen atoms in total. The third-order valence-corrected chi connectivity index (χ3v) is 9.79. The lowest BCUT2D eigenvalue weighted by Crippen LogP contribution is -1.94. The fourth-order valence-electron chi connectivity index (χ4n) is 7.67. The smallest absolute Gasteiger partial charge is 0.107 e. The molecule has 0 atom stereocenters. The van der Waals surface area contributed by atoms with Crippen LogP contribution in [-0.4, -0.2) is 19.9 Å². The van der Waals surface area contributed by atoms with Crippen LogP contribution in [0.25, 0.3) is 100 Å². The van der Waals surface area contributed by atoms with E-state index in [2.05, 4.69) is 120 Å². The zero-order chi connectivity index (χ0) is 33.0. The fraction of sp³-hybridized carbons (Fsp3) is 0. The highest BCUT2D eigenvalue weighted by atomic mass is 14.8. The molecule has 1 aliphatic rings. The summed E-state index contributed by atoms with van der Waals surface area (Å²) in [6.07, 6.45) is 5.48. The van der Waals surface area contributed by atoms with Crippen LogP contribution < -0.4 is 0 Å². The zero-order valence-corrected chi connectivity index (χ0v) is 27.0. The van der Waals surface area contributed by atoms with Crippen molar-refractivity contribution < 1.29 is 0 Å². The van der Waals surface area contributed by atoms with Gasteiger partial charge < -0.3 is 0 Å². The predicted octanol–water partition coefficient (Wildman–Crippen LogP) is 11.6. The van der Waals surface area contributed by atoms with E-state index in [-0.39, 0.29) is 0 Å². The van der Waals surface area contributed by atoms with Gasteiger partial charge in [-0.25, -0.2) is 4.98 Å². The van der Waals surface area contributed by atoms with Crippen molar-refractivity contribution in [1.82, 2.24) is 19.9 Å². The first kappa shape index (κ1) is 28.3. The van der Waals surface area contributed by atoms with Gasteiger partial charge in [-0.3, -0.25) is 15.0 Å². The molecule has 0 bridgehead atoms. The monoisotopic (exact) mass is 636 g/mol. The van der Waals surface area contributed by atoms with E-state index in [1.54, 1.807) is 6.20 Å². The van der Waals surface area contributed by atoms with Gasteiger partial charge >= 0.3 is 0 Å². The van der Waals surface area contributed by atoms with Gasteiger partial charge in [-0.1, -0.05) is 127 Å². The second-order valence-electron chi connectivity index (χ2n) is 12.6. The molecule has 0 amide bonds. The van der Waals surface area contributed by atoms with Crippen molar-refractivity contribution in [1.29, 1.82) is 0 Å². The minimum atomic E-state index is 0.719. The highest BCUT2D eigenvalue weighted by molar-refractivity contribution is 6.28. The standard InChI is InChI=1S/C46H28N4/c1-3-13-29(14-4-1)42-33-17-7-8-18-34(33)43(30-15-5-2-6-16-30)46-36-25-24-31(32-19-11-20-35(44(32)36)45(42)46)40-27-49-41(28-48-40)39-23-12-22-38(50-39)37-21-9-10-26-47-37/h1-28H. The normalized spacial score (nSPS) is 11.6. The van der Waals surface area contributed by atoms with Crippen LogP contribution in [0.2, 0.25) is 0 Å². The molecular weight excluding hydrogens is 609 g/mol. The summed E-state index contributed by atoms with van der Waals surface area (Å²) < 4.78 is 0. The number of hydrogen-bond donors (Lipinski definition) is 0. The van der Waals surface area contributed by atoms with Crippen LogP contribution in [0, 0.1) is 0 Å². The Bertz CT molecular complexity index is 2630. The first-order valence-electron chi connectivity index (χ1n) is 16.8. The molecular formula is C46H28N4. The van der Waals surface area contributed by atoms with Crippen molar-refractivity contribution in [3.8, 4) is 78.5 Å². The van der Waals surface area contributed by atoms with E-state index in [1.807, 2.05) is 48.8 Å². The molecule has 10 rings (SSSR count). The average molecular weight is 637 g/mol. The maximum atomic E-state index is 4.96. The van der Waals surface area contributed by atoms with Crippen molar-refractivity contribution in [2.24, 2.45) is 0 Å². The Hall–Kier alpha value is -6.78. The number of benzene rings is 6. The van der Waals surface area contributed by atoms with Crippen LogP contribution in [0.15, 0.2) is 170 Å². The van der Waals surface area contributed by atoms with Crippen LogP contribution in [0.4, 0.5) is 0 Å². The van der Waals surface area contributed by atoms with E-state index >= 15 is 0 Å². The zero-order valence-electron chi connectivity index (χ0n) is 27.0. The van der Waals surface area contributed by atoms with Crippen molar-refractivity contribution in [3.63, 3.8) is 0 Å². The summed E-state index contributed by atoms with van der Waals surface area (Å²) in [5.74, 6) is 0. The van der Waals surface area contributed by atoms with E-state index in [0.717, 1.165) is 39.4 Å². The molecule has 0 radical (unpaired) electrons. The van der Waals surface area contributed by atoms with Gasteiger partial charge in [0.25, 0.3) is 0 Å². The van der Waals surface area contributed by atoms with Gasteiger partial charge in [0.15, 0.2) is 0 Å². The first-order chi connectivity index (χ1) is 24.8. The number of rotatable bonds is 5. The topological polar surface area (TPSA) is 51.6 Å². The second kappa shape index (κ2) is 11.4. The Kier molecular flexibility index (Phi) is 6.46. The number of pyridine rings is 2. The molecule has 0 aliphatic heterocycles.